The molecule has 3 heterocycles. The van der Waals surface area contributed by atoms with E-state index < -0.39 is 29.5 Å². The van der Waals surface area contributed by atoms with Gasteiger partial charge in [0.25, 0.3) is 5.91 Å². The van der Waals surface area contributed by atoms with Crippen LogP contribution in [0.2, 0.25) is 0 Å². The number of hydrogen-bond acceptors (Lipinski definition) is 5. The Balaban J connectivity index is 1.85. The van der Waals surface area contributed by atoms with E-state index in [4.69, 9.17) is 4.74 Å². The fourth-order valence-corrected chi connectivity index (χ4v) is 4.75. The molecule has 3 amide bonds. The van der Waals surface area contributed by atoms with Gasteiger partial charge in [-0.1, -0.05) is 18.2 Å². The van der Waals surface area contributed by atoms with Crippen LogP contribution in [-0.2, 0) is 24.7 Å². The zero-order valence-corrected chi connectivity index (χ0v) is 14.6. The van der Waals surface area contributed by atoms with E-state index in [-0.39, 0.29) is 30.9 Å². The van der Waals surface area contributed by atoms with Crippen LogP contribution in [0.1, 0.15) is 12.5 Å². The van der Waals surface area contributed by atoms with Crippen LogP contribution in [0.3, 0.4) is 0 Å². The van der Waals surface area contributed by atoms with Gasteiger partial charge >= 0.3 is 0 Å². The second kappa shape index (κ2) is 5.87. The van der Waals surface area contributed by atoms with Gasteiger partial charge in [-0.15, -0.1) is 0 Å². The molecular weight excluding hydrogens is 338 g/mol. The van der Waals surface area contributed by atoms with Gasteiger partial charge in [-0.2, -0.15) is 0 Å². The van der Waals surface area contributed by atoms with Gasteiger partial charge < -0.3 is 20.5 Å². The van der Waals surface area contributed by atoms with Gasteiger partial charge in [0.1, 0.15) is 24.0 Å². The van der Waals surface area contributed by atoms with Gasteiger partial charge in [0.2, 0.25) is 17.4 Å². The van der Waals surface area contributed by atoms with E-state index in [9.17, 15) is 19.5 Å². The predicted octanol–water partition coefficient (Wildman–Crippen LogP) is -1.59. The number of imide groups is 1. The number of anilines is 1. The Hall–Kier alpha value is -2.29. The third-order valence-corrected chi connectivity index (χ3v) is 5.88. The molecule has 1 aromatic rings. The maximum atomic E-state index is 13.2. The van der Waals surface area contributed by atoms with E-state index in [1.165, 1.54) is 12.0 Å². The number of nitrogens with two attached hydrogens (primary N) is 1. The highest BCUT2D eigenvalue weighted by atomic mass is 16.5. The first-order valence-electron chi connectivity index (χ1n) is 8.72. The number of para-hydroxylation sites is 1. The van der Waals surface area contributed by atoms with Gasteiger partial charge in [-0.05, 0) is 13.0 Å². The van der Waals surface area contributed by atoms with E-state index in [2.05, 4.69) is 5.32 Å². The molecular formula is C18H22N3O5+. The van der Waals surface area contributed by atoms with Gasteiger partial charge in [0.15, 0.2) is 0 Å². The second-order valence-corrected chi connectivity index (χ2v) is 7.18. The number of ether oxygens (including phenoxy) is 1. The Bertz CT molecular complexity index is 795. The van der Waals surface area contributed by atoms with Crippen molar-refractivity contribution in [1.82, 2.24) is 4.90 Å². The van der Waals surface area contributed by atoms with Gasteiger partial charge in [0, 0.05) is 12.7 Å². The maximum Gasteiger partial charge on any atom is 0.291 e. The fraction of sp³-hybridized carbons (Fsp3) is 0.500. The number of rotatable bonds is 4. The first-order valence-corrected chi connectivity index (χ1v) is 8.72. The first kappa shape index (κ1) is 17.1. The largest absolute Gasteiger partial charge is 0.387 e. The Morgan fingerprint density at radius 2 is 2.04 bits per heavy atom. The zero-order valence-electron chi connectivity index (χ0n) is 14.6. The van der Waals surface area contributed by atoms with Crippen molar-refractivity contribution in [3.8, 4) is 0 Å². The second-order valence-electron chi connectivity index (χ2n) is 7.18. The van der Waals surface area contributed by atoms with E-state index in [1.54, 1.807) is 24.4 Å². The first-order chi connectivity index (χ1) is 12.4. The maximum absolute atomic E-state index is 13.2. The minimum atomic E-state index is -1.22. The van der Waals surface area contributed by atoms with Gasteiger partial charge in [-0.25, -0.2) is 0 Å². The van der Waals surface area contributed by atoms with Crippen molar-refractivity contribution in [3.05, 3.63) is 29.8 Å². The van der Waals surface area contributed by atoms with Crippen LogP contribution >= 0.6 is 0 Å². The number of carbonyl (C=O) groups is 3. The SMILES string of the molecule is COCCN1C(=O)[C@@H]2[C@H]([C@@H](C)O)[NH2+][C@]3(C(=O)Nc4ccccc43)[C@@H]2C1=O. The molecule has 0 bridgehead atoms. The van der Waals surface area contributed by atoms with Crippen molar-refractivity contribution < 1.29 is 29.5 Å². The molecule has 8 nitrogen and oxygen atoms in total. The Morgan fingerprint density at radius 1 is 1.31 bits per heavy atom. The predicted molar refractivity (Wildman–Crippen MR) is 89.7 cm³/mol. The number of likely N-dealkylation sites (tertiary alicyclic amines) is 1. The molecule has 0 unspecified atom stereocenters. The van der Waals surface area contributed by atoms with Crippen LogP contribution < -0.4 is 10.6 Å². The van der Waals surface area contributed by atoms with Crippen molar-refractivity contribution in [2.24, 2.45) is 11.8 Å². The lowest BCUT2D eigenvalue weighted by molar-refractivity contribution is -0.738. The smallest absolute Gasteiger partial charge is 0.291 e. The van der Waals surface area contributed by atoms with Crippen molar-refractivity contribution >= 4 is 23.4 Å². The molecule has 4 rings (SSSR count). The topological polar surface area (TPSA) is 113 Å². The molecule has 0 radical (unpaired) electrons. The Kier molecular flexibility index (Phi) is 3.87. The summed E-state index contributed by atoms with van der Waals surface area (Å²) >= 11 is 0. The molecule has 138 valence electrons. The highest BCUT2D eigenvalue weighted by molar-refractivity contribution is 6.13. The molecule has 0 aromatic heterocycles. The normalized spacial score (nSPS) is 33.6. The Labute approximate surface area is 150 Å². The van der Waals surface area contributed by atoms with Gasteiger partial charge in [-0.3, -0.25) is 19.3 Å². The molecule has 0 aliphatic carbocycles. The molecule has 2 fully saturated rings. The third kappa shape index (κ3) is 2.03. The van der Waals surface area contributed by atoms with Crippen molar-refractivity contribution in [2.75, 3.05) is 25.6 Å². The average molecular weight is 360 g/mol. The summed E-state index contributed by atoms with van der Waals surface area (Å²) in [6, 6.07) is 6.64. The van der Waals surface area contributed by atoms with Crippen molar-refractivity contribution in [1.29, 1.82) is 0 Å². The summed E-state index contributed by atoms with van der Waals surface area (Å²) in [5.41, 5.74) is 0.115. The monoisotopic (exact) mass is 360 g/mol. The molecule has 2 saturated heterocycles. The molecule has 1 spiro atoms. The number of aliphatic hydroxyl groups excluding tert-OH is 1. The number of quaternary nitrogens is 1. The molecule has 1 aromatic carbocycles. The molecule has 5 atom stereocenters. The molecule has 26 heavy (non-hydrogen) atoms. The number of hydrogen-bond donors (Lipinski definition) is 3. The van der Waals surface area contributed by atoms with Crippen LogP contribution in [0, 0.1) is 11.8 Å². The minimum Gasteiger partial charge on any atom is -0.387 e. The average Bonchev–Trinajstić information content (AvgIpc) is 3.20. The van der Waals surface area contributed by atoms with Crippen LogP contribution in [0.5, 0.6) is 0 Å². The van der Waals surface area contributed by atoms with Crippen molar-refractivity contribution in [2.45, 2.75) is 24.6 Å². The van der Waals surface area contributed by atoms with E-state index in [0.717, 1.165) is 0 Å². The van der Waals surface area contributed by atoms with Crippen molar-refractivity contribution in [3.63, 3.8) is 0 Å². The Morgan fingerprint density at radius 3 is 2.73 bits per heavy atom. The number of fused-ring (bicyclic) bond motifs is 4. The summed E-state index contributed by atoms with van der Waals surface area (Å²) in [6.45, 7) is 1.97. The van der Waals surface area contributed by atoms with E-state index in [0.29, 0.717) is 11.3 Å². The third-order valence-electron chi connectivity index (χ3n) is 5.88. The van der Waals surface area contributed by atoms with Gasteiger partial charge in [0.05, 0.1) is 18.8 Å². The van der Waals surface area contributed by atoms with E-state index in [1.807, 2.05) is 12.1 Å². The summed E-state index contributed by atoms with van der Waals surface area (Å²) < 4.78 is 5.01. The number of benzene rings is 1. The summed E-state index contributed by atoms with van der Waals surface area (Å²) in [5.74, 6) is -2.60. The lowest BCUT2D eigenvalue weighted by Crippen LogP contribution is -3.00. The number of carbonyl (C=O) groups excluding carboxylic acids is 3. The lowest BCUT2D eigenvalue weighted by Gasteiger charge is -2.26. The van der Waals surface area contributed by atoms with Crippen LogP contribution in [0.4, 0.5) is 5.69 Å². The summed E-state index contributed by atoms with van der Waals surface area (Å²) in [6.07, 6.45) is -0.846. The zero-order chi connectivity index (χ0) is 18.6. The standard InChI is InChI=1S/C18H21N3O5/c1-9(22)14-12-13(16(24)21(15(12)23)7-8-26-2)18(20-14)10-5-3-4-6-11(10)19-17(18)25/h3-6,9,12-14,20,22H,7-8H2,1-2H3,(H,19,25)/p+1/t9-,12+,13+,14+,18+/m1/s1. The van der Waals surface area contributed by atoms with E-state index >= 15 is 0 Å². The molecule has 3 aliphatic rings. The quantitative estimate of drug-likeness (QED) is 0.561. The minimum absolute atomic E-state index is 0.146. The molecule has 3 aliphatic heterocycles. The van der Waals surface area contributed by atoms with Crippen LogP contribution in [0.25, 0.3) is 0 Å². The van der Waals surface area contributed by atoms with Crippen LogP contribution in [-0.4, -0.2) is 60.1 Å². The number of nitrogens with zero attached hydrogens (tertiary/aromatic N) is 1. The fourth-order valence-electron chi connectivity index (χ4n) is 4.75. The number of methoxy groups -OCH3 is 1. The number of aliphatic hydroxyl groups is 1. The number of amides is 3. The number of nitrogens with one attached hydrogen (secondary N) is 1. The molecule has 0 saturated carbocycles. The summed E-state index contributed by atoms with van der Waals surface area (Å²) in [5, 5.41) is 14.8. The molecule has 4 N–H and O–H groups in total. The highest BCUT2D eigenvalue weighted by Crippen LogP contribution is 2.49. The van der Waals surface area contributed by atoms with Crippen LogP contribution in [0.15, 0.2) is 24.3 Å². The summed E-state index contributed by atoms with van der Waals surface area (Å²) in [4.78, 5) is 40.3. The molecule has 8 heteroatoms. The highest BCUT2D eigenvalue weighted by Gasteiger charge is 2.74. The summed E-state index contributed by atoms with van der Waals surface area (Å²) in [7, 11) is 1.50. The lowest BCUT2D eigenvalue weighted by atomic mass is 9.76.